The van der Waals surface area contributed by atoms with E-state index in [0.29, 0.717) is 20.7 Å². The molecule has 2 heterocycles. The molecule has 0 aromatic carbocycles. The molecule has 7 nitrogen and oxygen atoms in total. The van der Waals surface area contributed by atoms with Crippen LogP contribution in [0.2, 0.25) is 0 Å². The lowest BCUT2D eigenvalue weighted by molar-refractivity contribution is -0.154. The Labute approximate surface area is 154 Å². The summed E-state index contributed by atoms with van der Waals surface area (Å²) in [5.74, 6) is -0.928. The van der Waals surface area contributed by atoms with Crippen LogP contribution in [0.1, 0.15) is 60.3 Å². The van der Waals surface area contributed by atoms with Crippen molar-refractivity contribution in [1.29, 1.82) is 0 Å². The van der Waals surface area contributed by atoms with E-state index in [0.717, 1.165) is 37.0 Å². The summed E-state index contributed by atoms with van der Waals surface area (Å²) in [7, 11) is 1.29. The molecule has 1 aliphatic rings. The Kier molecular flexibility index (Phi) is 5.41. The topological polar surface area (TPSA) is 87.5 Å². The van der Waals surface area contributed by atoms with Crippen LogP contribution < -0.4 is 5.56 Å². The van der Waals surface area contributed by atoms with Gasteiger partial charge in [0.2, 0.25) is 0 Å². The first kappa shape index (κ1) is 18.6. The number of methoxy groups -OCH3 is 1. The molecule has 1 fully saturated rings. The number of fused-ring (bicyclic) bond motifs is 1. The number of carbonyl (C=O) groups excluding carboxylic acids is 2. The van der Waals surface area contributed by atoms with Gasteiger partial charge in [0, 0.05) is 0 Å². The zero-order chi connectivity index (χ0) is 18.8. The highest BCUT2D eigenvalue weighted by molar-refractivity contribution is 7.20. The molecule has 1 atom stereocenters. The van der Waals surface area contributed by atoms with E-state index in [1.54, 1.807) is 13.8 Å². The molecule has 2 aromatic rings. The SMILES string of the molecule is COC(=O)c1sc2ncn([C@@H](C)C(=O)OC3CCCCC3)c(=O)c2c1C. The summed E-state index contributed by atoms with van der Waals surface area (Å²) in [5, 5.41) is 0.343. The van der Waals surface area contributed by atoms with Crippen LogP contribution >= 0.6 is 11.3 Å². The Morgan fingerprint density at radius 3 is 2.65 bits per heavy atom. The molecule has 2 aromatic heterocycles. The van der Waals surface area contributed by atoms with Crippen molar-refractivity contribution in [3.8, 4) is 0 Å². The van der Waals surface area contributed by atoms with E-state index in [2.05, 4.69) is 4.98 Å². The van der Waals surface area contributed by atoms with Crippen molar-refractivity contribution >= 4 is 33.5 Å². The van der Waals surface area contributed by atoms with Gasteiger partial charge < -0.3 is 9.47 Å². The molecule has 0 spiro atoms. The summed E-state index contributed by atoms with van der Waals surface area (Å²) in [6, 6.07) is -0.776. The second-order valence-electron chi connectivity index (χ2n) is 6.56. The summed E-state index contributed by atoms with van der Waals surface area (Å²) < 4.78 is 11.6. The lowest BCUT2D eigenvalue weighted by Crippen LogP contribution is -2.32. The minimum atomic E-state index is -0.776. The van der Waals surface area contributed by atoms with Crippen molar-refractivity contribution in [3.63, 3.8) is 0 Å². The number of hydrogen-bond acceptors (Lipinski definition) is 7. The van der Waals surface area contributed by atoms with Crippen molar-refractivity contribution in [3.05, 3.63) is 27.1 Å². The number of hydrogen-bond donors (Lipinski definition) is 0. The first-order valence-electron chi connectivity index (χ1n) is 8.73. The minimum Gasteiger partial charge on any atom is -0.465 e. The maximum absolute atomic E-state index is 12.9. The second kappa shape index (κ2) is 7.57. The fraction of sp³-hybridized carbons (Fsp3) is 0.556. The third-order valence-corrected chi connectivity index (χ3v) is 6.02. The van der Waals surface area contributed by atoms with E-state index in [9.17, 15) is 14.4 Å². The number of rotatable bonds is 4. The standard InChI is InChI=1S/C18H22N2O5S/c1-10-13-15(26-14(10)18(23)24-3)19-9-20(16(13)21)11(2)17(22)25-12-7-5-4-6-8-12/h9,11-12H,4-8H2,1-3H3/t11-/m0/s1. The Morgan fingerprint density at radius 1 is 1.31 bits per heavy atom. The van der Waals surface area contributed by atoms with Crippen molar-refractivity contribution in [2.75, 3.05) is 7.11 Å². The number of thiophene rings is 1. The molecular weight excluding hydrogens is 356 g/mol. The summed E-state index contributed by atoms with van der Waals surface area (Å²) >= 11 is 1.11. The van der Waals surface area contributed by atoms with Gasteiger partial charge in [-0.3, -0.25) is 9.36 Å². The number of aryl methyl sites for hydroxylation is 1. The quantitative estimate of drug-likeness (QED) is 0.760. The Bertz CT molecular complexity index is 895. The molecule has 140 valence electrons. The van der Waals surface area contributed by atoms with E-state index < -0.39 is 18.0 Å². The largest absolute Gasteiger partial charge is 0.465 e. The third kappa shape index (κ3) is 3.38. The molecule has 0 aliphatic heterocycles. The van der Waals surface area contributed by atoms with E-state index in [1.165, 1.54) is 24.4 Å². The van der Waals surface area contributed by atoms with E-state index in [-0.39, 0.29) is 11.7 Å². The summed E-state index contributed by atoms with van der Waals surface area (Å²) in [6.45, 7) is 3.31. The first-order valence-corrected chi connectivity index (χ1v) is 9.54. The van der Waals surface area contributed by atoms with Crippen LogP contribution in [0, 0.1) is 6.92 Å². The van der Waals surface area contributed by atoms with Crippen LogP contribution in [0.3, 0.4) is 0 Å². The fourth-order valence-corrected chi connectivity index (χ4v) is 4.32. The number of nitrogens with zero attached hydrogens (tertiary/aromatic N) is 2. The molecule has 1 aliphatic carbocycles. The normalized spacial score (nSPS) is 16.4. The Morgan fingerprint density at radius 2 is 2.00 bits per heavy atom. The number of carbonyl (C=O) groups is 2. The van der Waals surface area contributed by atoms with Gasteiger partial charge >= 0.3 is 11.9 Å². The molecule has 26 heavy (non-hydrogen) atoms. The molecule has 0 unspecified atom stereocenters. The number of aromatic nitrogens is 2. The van der Waals surface area contributed by atoms with Crippen molar-refractivity contribution in [1.82, 2.24) is 9.55 Å². The predicted molar refractivity (Wildman–Crippen MR) is 97.6 cm³/mol. The summed E-state index contributed by atoms with van der Waals surface area (Å²) in [5.41, 5.74) is 0.170. The Hall–Kier alpha value is -2.22. The van der Waals surface area contributed by atoms with Gasteiger partial charge in [0.15, 0.2) is 0 Å². The fourth-order valence-electron chi connectivity index (χ4n) is 3.26. The highest BCUT2D eigenvalue weighted by Gasteiger charge is 2.26. The van der Waals surface area contributed by atoms with Crippen LogP contribution in [-0.4, -0.2) is 34.7 Å². The maximum Gasteiger partial charge on any atom is 0.348 e. The molecule has 8 heteroatoms. The molecule has 1 saturated carbocycles. The zero-order valence-corrected chi connectivity index (χ0v) is 15.9. The second-order valence-corrected chi connectivity index (χ2v) is 7.56. The lowest BCUT2D eigenvalue weighted by Gasteiger charge is -2.24. The van der Waals surface area contributed by atoms with Gasteiger partial charge in [-0.2, -0.15) is 0 Å². The van der Waals surface area contributed by atoms with Gasteiger partial charge in [0.1, 0.15) is 21.9 Å². The highest BCUT2D eigenvalue weighted by atomic mass is 32.1. The van der Waals surface area contributed by atoms with Gasteiger partial charge in [-0.15, -0.1) is 11.3 Å². The molecule has 0 saturated heterocycles. The lowest BCUT2D eigenvalue weighted by atomic mass is 9.98. The summed E-state index contributed by atoms with van der Waals surface area (Å²) in [6.07, 6.45) is 6.31. The van der Waals surface area contributed by atoms with Crippen molar-refractivity contribution in [2.24, 2.45) is 0 Å². The van der Waals surface area contributed by atoms with Gasteiger partial charge in [0.05, 0.1) is 18.8 Å². The number of esters is 2. The third-order valence-electron chi connectivity index (χ3n) is 4.84. The molecule has 0 amide bonds. The van der Waals surface area contributed by atoms with E-state index >= 15 is 0 Å². The summed E-state index contributed by atoms with van der Waals surface area (Å²) in [4.78, 5) is 42.2. The average molecular weight is 378 g/mol. The van der Waals surface area contributed by atoms with Crippen LogP contribution in [0.25, 0.3) is 10.2 Å². The molecule has 3 rings (SSSR count). The van der Waals surface area contributed by atoms with Crippen molar-refractivity contribution in [2.45, 2.75) is 58.1 Å². The van der Waals surface area contributed by atoms with Crippen LogP contribution in [0.5, 0.6) is 0 Å². The van der Waals surface area contributed by atoms with Gasteiger partial charge in [-0.1, -0.05) is 6.42 Å². The van der Waals surface area contributed by atoms with Crippen molar-refractivity contribution < 1.29 is 19.1 Å². The van der Waals surface area contributed by atoms with Gasteiger partial charge in [0.25, 0.3) is 5.56 Å². The smallest absolute Gasteiger partial charge is 0.348 e. The van der Waals surface area contributed by atoms with Gasteiger partial charge in [-0.25, -0.2) is 14.6 Å². The van der Waals surface area contributed by atoms with Crippen LogP contribution in [0.15, 0.2) is 11.1 Å². The average Bonchev–Trinajstić information content (AvgIpc) is 2.99. The first-order chi connectivity index (χ1) is 12.4. The monoisotopic (exact) mass is 378 g/mol. The molecular formula is C18H22N2O5S. The van der Waals surface area contributed by atoms with Gasteiger partial charge in [-0.05, 0) is 45.1 Å². The van der Waals surface area contributed by atoms with Crippen LogP contribution in [-0.2, 0) is 14.3 Å². The molecule has 0 bridgehead atoms. The zero-order valence-electron chi connectivity index (χ0n) is 15.1. The van der Waals surface area contributed by atoms with E-state index in [1.807, 2.05) is 0 Å². The molecule has 0 N–H and O–H groups in total. The highest BCUT2D eigenvalue weighted by Crippen LogP contribution is 2.28. The Balaban J connectivity index is 1.91. The van der Waals surface area contributed by atoms with Crippen LogP contribution in [0.4, 0.5) is 0 Å². The minimum absolute atomic E-state index is 0.0695. The maximum atomic E-state index is 12.9. The molecule has 0 radical (unpaired) electrons. The number of ether oxygens (including phenoxy) is 2. The van der Waals surface area contributed by atoms with E-state index in [4.69, 9.17) is 9.47 Å². The predicted octanol–water partition coefficient (Wildman–Crippen LogP) is 2.99.